The Morgan fingerprint density at radius 1 is 1.13 bits per heavy atom. The first-order valence-electron chi connectivity index (χ1n) is 9.74. The average Bonchev–Trinajstić information content (AvgIpc) is 3.29. The first-order chi connectivity index (χ1) is 15.0. The van der Waals surface area contributed by atoms with Gasteiger partial charge in [-0.25, -0.2) is 24.5 Å². The van der Waals surface area contributed by atoms with Crippen molar-refractivity contribution in [3.8, 4) is 0 Å². The number of allylic oxidation sites excluding steroid dienone is 2. The first-order valence-corrected chi connectivity index (χ1v) is 9.74. The van der Waals surface area contributed by atoms with Gasteiger partial charge in [-0.05, 0) is 60.2 Å². The molecule has 0 saturated heterocycles. The van der Waals surface area contributed by atoms with Crippen LogP contribution in [0.15, 0.2) is 73.3 Å². The zero-order valence-corrected chi connectivity index (χ0v) is 16.7. The standard InChI is InChI=1S/C23H23F2N3O3/c24-18-8-4-16(5-9-18)14-21(28-13-12-27-15-28)20(17-6-10-19(25)11-7-17)2-1-3-22(31-26)23(29)30/h2,4-13,15,21-22H,1,3,14,26H2,(H,29,30)/b20-2-. The average molecular weight is 427 g/mol. The molecule has 3 N–H and O–H groups in total. The second-order valence-corrected chi connectivity index (χ2v) is 7.06. The fourth-order valence-electron chi connectivity index (χ4n) is 3.40. The molecule has 0 aliphatic carbocycles. The van der Waals surface area contributed by atoms with E-state index >= 15 is 0 Å². The minimum absolute atomic E-state index is 0.170. The lowest BCUT2D eigenvalue weighted by molar-refractivity contribution is -0.151. The molecule has 0 aliphatic rings. The molecule has 3 aromatic rings. The van der Waals surface area contributed by atoms with Gasteiger partial charge in [0.15, 0.2) is 6.10 Å². The van der Waals surface area contributed by atoms with Gasteiger partial charge in [0, 0.05) is 12.4 Å². The molecule has 0 fully saturated rings. The number of carboxylic acids is 1. The van der Waals surface area contributed by atoms with E-state index in [4.69, 9.17) is 11.0 Å². The molecule has 0 spiro atoms. The van der Waals surface area contributed by atoms with E-state index < -0.39 is 12.1 Å². The van der Waals surface area contributed by atoms with E-state index in [9.17, 15) is 13.6 Å². The van der Waals surface area contributed by atoms with Crippen molar-refractivity contribution in [2.45, 2.75) is 31.4 Å². The summed E-state index contributed by atoms with van der Waals surface area (Å²) in [6.07, 6.45) is 6.98. The van der Waals surface area contributed by atoms with Crippen LogP contribution in [0.3, 0.4) is 0 Å². The molecular weight excluding hydrogens is 404 g/mol. The smallest absolute Gasteiger partial charge is 0.334 e. The molecule has 0 amide bonds. The van der Waals surface area contributed by atoms with Crippen LogP contribution in [-0.4, -0.2) is 26.7 Å². The van der Waals surface area contributed by atoms with Crippen LogP contribution in [0.4, 0.5) is 8.78 Å². The van der Waals surface area contributed by atoms with Crippen molar-refractivity contribution in [1.29, 1.82) is 0 Å². The number of hydrogen-bond donors (Lipinski definition) is 2. The van der Waals surface area contributed by atoms with E-state index in [1.165, 1.54) is 24.3 Å². The summed E-state index contributed by atoms with van der Waals surface area (Å²) in [5.74, 6) is 3.26. The van der Waals surface area contributed by atoms with Gasteiger partial charge in [0.2, 0.25) is 0 Å². The van der Waals surface area contributed by atoms with Crippen LogP contribution in [0.25, 0.3) is 5.57 Å². The van der Waals surface area contributed by atoms with Crippen LogP contribution in [0.2, 0.25) is 0 Å². The van der Waals surface area contributed by atoms with E-state index in [0.29, 0.717) is 12.8 Å². The fourth-order valence-corrected chi connectivity index (χ4v) is 3.40. The topological polar surface area (TPSA) is 90.4 Å². The Morgan fingerprint density at radius 2 is 1.77 bits per heavy atom. The first kappa shape index (κ1) is 22.3. The van der Waals surface area contributed by atoms with Crippen LogP contribution in [0.1, 0.15) is 30.0 Å². The van der Waals surface area contributed by atoms with Crippen molar-refractivity contribution < 1.29 is 23.5 Å². The summed E-state index contributed by atoms with van der Waals surface area (Å²) < 4.78 is 28.8. The van der Waals surface area contributed by atoms with E-state index in [2.05, 4.69) is 9.82 Å². The van der Waals surface area contributed by atoms with Crippen molar-refractivity contribution >= 4 is 11.5 Å². The van der Waals surface area contributed by atoms with Crippen LogP contribution in [0, 0.1) is 11.6 Å². The predicted molar refractivity (Wildman–Crippen MR) is 112 cm³/mol. The number of hydrogen-bond acceptors (Lipinski definition) is 4. The summed E-state index contributed by atoms with van der Waals surface area (Å²) >= 11 is 0. The summed E-state index contributed by atoms with van der Waals surface area (Å²) in [6.45, 7) is 0. The number of aliphatic carboxylic acids is 1. The van der Waals surface area contributed by atoms with Crippen molar-refractivity contribution in [1.82, 2.24) is 9.55 Å². The minimum atomic E-state index is -1.14. The van der Waals surface area contributed by atoms with Gasteiger partial charge in [-0.1, -0.05) is 30.3 Å². The second-order valence-electron chi connectivity index (χ2n) is 7.06. The Hall–Kier alpha value is -3.36. The molecule has 162 valence electrons. The maximum atomic E-state index is 13.5. The number of carboxylic acid groups (broad SMARTS) is 1. The van der Waals surface area contributed by atoms with Gasteiger partial charge in [-0.2, -0.15) is 0 Å². The van der Waals surface area contributed by atoms with Crippen LogP contribution in [-0.2, 0) is 16.1 Å². The van der Waals surface area contributed by atoms with Gasteiger partial charge in [0.05, 0.1) is 12.4 Å². The largest absolute Gasteiger partial charge is 0.479 e. The zero-order valence-electron chi connectivity index (χ0n) is 16.7. The van der Waals surface area contributed by atoms with Gasteiger partial charge >= 0.3 is 5.97 Å². The lowest BCUT2D eigenvalue weighted by atomic mass is 9.91. The van der Waals surface area contributed by atoms with Crippen LogP contribution < -0.4 is 5.90 Å². The second kappa shape index (κ2) is 10.6. The highest BCUT2D eigenvalue weighted by Gasteiger charge is 2.20. The van der Waals surface area contributed by atoms with Gasteiger partial charge in [0.1, 0.15) is 11.6 Å². The molecule has 1 aromatic heterocycles. The Balaban J connectivity index is 1.97. The maximum Gasteiger partial charge on any atom is 0.334 e. The van der Waals surface area contributed by atoms with Crippen LogP contribution >= 0.6 is 0 Å². The summed E-state index contributed by atoms with van der Waals surface area (Å²) in [6, 6.07) is 12.1. The normalized spacial score (nSPS) is 13.7. The van der Waals surface area contributed by atoms with Gasteiger partial charge in [-0.3, -0.25) is 4.84 Å². The third-order valence-corrected chi connectivity index (χ3v) is 5.00. The molecule has 2 unspecified atom stereocenters. The number of aromatic nitrogens is 2. The Bertz CT molecular complexity index is 1000. The number of rotatable bonds is 10. The monoisotopic (exact) mass is 427 g/mol. The Morgan fingerprint density at radius 3 is 2.32 bits per heavy atom. The summed E-state index contributed by atoms with van der Waals surface area (Å²) in [5, 5.41) is 9.15. The van der Waals surface area contributed by atoms with Gasteiger partial charge in [0.25, 0.3) is 0 Å². The third kappa shape index (κ3) is 6.07. The Labute approximate surface area is 178 Å². The lowest BCUT2D eigenvalue weighted by Crippen LogP contribution is -2.26. The predicted octanol–water partition coefficient (Wildman–Crippen LogP) is 4.15. The molecule has 8 heteroatoms. The van der Waals surface area contributed by atoms with E-state index in [1.807, 2.05) is 16.8 Å². The molecule has 0 bridgehead atoms. The quantitative estimate of drug-likeness (QED) is 0.475. The SMILES string of the molecule is NOC(CC/C=C(/c1ccc(F)cc1)C(Cc1ccc(F)cc1)n1ccnc1)C(=O)O. The summed E-state index contributed by atoms with van der Waals surface area (Å²) in [7, 11) is 0. The van der Waals surface area contributed by atoms with Crippen LogP contribution in [0.5, 0.6) is 0 Å². The van der Waals surface area contributed by atoms with Gasteiger partial charge in [-0.15, -0.1) is 0 Å². The highest BCUT2D eigenvalue weighted by atomic mass is 19.1. The molecule has 31 heavy (non-hydrogen) atoms. The minimum Gasteiger partial charge on any atom is -0.479 e. The number of nitrogens with two attached hydrogens (primary N) is 1. The van der Waals surface area contributed by atoms with Crippen molar-refractivity contribution in [3.63, 3.8) is 0 Å². The zero-order chi connectivity index (χ0) is 22.2. The molecule has 0 saturated carbocycles. The number of carbonyl (C=O) groups is 1. The number of nitrogens with zero attached hydrogens (tertiary/aromatic N) is 2. The van der Waals surface area contributed by atoms with E-state index in [0.717, 1.165) is 16.7 Å². The van der Waals surface area contributed by atoms with Crippen molar-refractivity contribution in [2.24, 2.45) is 5.90 Å². The molecule has 2 atom stereocenters. The fraction of sp³-hybridized carbons (Fsp3) is 0.217. The highest BCUT2D eigenvalue weighted by molar-refractivity contribution is 5.72. The third-order valence-electron chi connectivity index (χ3n) is 5.00. The molecule has 1 heterocycles. The lowest BCUT2D eigenvalue weighted by Gasteiger charge is -2.23. The Kier molecular flexibility index (Phi) is 7.64. The van der Waals surface area contributed by atoms with Crippen molar-refractivity contribution in [2.75, 3.05) is 0 Å². The number of benzene rings is 2. The molecule has 3 rings (SSSR count). The van der Waals surface area contributed by atoms with Gasteiger partial charge < -0.3 is 9.67 Å². The highest BCUT2D eigenvalue weighted by Crippen LogP contribution is 2.32. The molecular formula is C23H23F2N3O3. The number of imidazole rings is 1. The molecule has 6 nitrogen and oxygen atoms in total. The molecule has 0 aliphatic heterocycles. The van der Waals surface area contributed by atoms with E-state index in [1.54, 1.807) is 36.8 Å². The summed E-state index contributed by atoms with van der Waals surface area (Å²) in [5.41, 5.74) is 2.54. The number of halogens is 2. The molecule has 0 radical (unpaired) electrons. The molecule has 2 aromatic carbocycles. The van der Waals surface area contributed by atoms with Crippen molar-refractivity contribution in [3.05, 3.63) is 96.1 Å². The summed E-state index contributed by atoms with van der Waals surface area (Å²) in [4.78, 5) is 19.9. The maximum absolute atomic E-state index is 13.5. The van der Waals surface area contributed by atoms with E-state index in [-0.39, 0.29) is 24.1 Å².